The SMILES string of the molecule is COc1c(Cl)cc(NC(=O)CC2(C(=O)O)CCC2)cc1Cl. The summed E-state index contributed by atoms with van der Waals surface area (Å²) in [6, 6.07) is 3.02. The quantitative estimate of drug-likeness (QED) is 0.864. The molecule has 0 aromatic heterocycles. The van der Waals surface area contributed by atoms with Gasteiger partial charge in [0.1, 0.15) is 0 Å². The lowest BCUT2D eigenvalue weighted by Crippen LogP contribution is -2.41. The van der Waals surface area contributed by atoms with E-state index in [1.165, 1.54) is 19.2 Å². The van der Waals surface area contributed by atoms with Crippen LogP contribution in [0.4, 0.5) is 5.69 Å². The summed E-state index contributed by atoms with van der Waals surface area (Å²) in [6.07, 6.45) is 1.84. The molecule has 1 aliphatic carbocycles. The number of rotatable bonds is 5. The Hall–Kier alpha value is -1.46. The van der Waals surface area contributed by atoms with Crippen molar-refractivity contribution in [2.24, 2.45) is 5.41 Å². The number of hydrogen-bond acceptors (Lipinski definition) is 3. The lowest BCUT2D eigenvalue weighted by Gasteiger charge is -2.36. The van der Waals surface area contributed by atoms with Crippen molar-refractivity contribution in [2.45, 2.75) is 25.7 Å². The number of carbonyl (C=O) groups excluding carboxylic acids is 1. The number of halogens is 2. The summed E-state index contributed by atoms with van der Waals surface area (Å²) < 4.78 is 5.02. The molecule has 0 heterocycles. The normalized spacial score (nSPS) is 16.0. The van der Waals surface area contributed by atoms with Crippen LogP contribution in [0.25, 0.3) is 0 Å². The van der Waals surface area contributed by atoms with Gasteiger partial charge in [-0.25, -0.2) is 0 Å². The summed E-state index contributed by atoms with van der Waals surface area (Å²) >= 11 is 12.0. The molecular formula is C14H15Cl2NO4. The summed E-state index contributed by atoms with van der Waals surface area (Å²) in [5, 5.41) is 12.4. The Balaban J connectivity index is 2.08. The number of nitrogens with one attached hydrogen (secondary N) is 1. The number of carboxylic acid groups (broad SMARTS) is 1. The lowest BCUT2D eigenvalue weighted by molar-refractivity contribution is -0.157. The molecule has 1 amide bonds. The number of hydrogen-bond donors (Lipinski definition) is 2. The van der Waals surface area contributed by atoms with E-state index in [1.807, 2.05) is 0 Å². The van der Waals surface area contributed by atoms with Crippen molar-refractivity contribution in [3.8, 4) is 5.75 Å². The van der Waals surface area contributed by atoms with Gasteiger partial charge in [-0.2, -0.15) is 0 Å². The monoisotopic (exact) mass is 331 g/mol. The van der Waals surface area contributed by atoms with Crippen LogP contribution in [0, 0.1) is 5.41 Å². The number of carboxylic acids is 1. The minimum atomic E-state index is -0.926. The Morgan fingerprint density at radius 1 is 1.33 bits per heavy atom. The summed E-state index contributed by atoms with van der Waals surface area (Å²) in [5.74, 6) is -0.957. The molecule has 1 aromatic rings. The van der Waals surface area contributed by atoms with Crippen molar-refractivity contribution >= 4 is 40.8 Å². The van der Waals surface area contributed by atoms with E-state index in [0.29, 0.717) is 24.3 Å². The van der Waals surface area contributed by atoms with Crippen molar-refractivity contribution in [1.29, 1.82) is 0 Å². The molecule has 0 saturated heterocycles. The zero-order valence-corrected chi connectivity index (χ0v) is 12.9. The number of anilines is 1. The van der Waals surface area contributed by atoms with Gasteiger partial charge in [-0.3, -0.25) is 9.59 Å². The van der Waals surface area contributed by atoms with E-state index >= 15 is 0 Å². The minimum Gasteiger partial charge on any atom is -0.494 e. The van der Waals surface area contributed by atoms with Gasteiger partial charge in [0.25, 0.3) is 0 Å². The van der Waals surface area contributed by atoms with Crippen LogP contribution in [-0.2, 0) is 9.59 Å². The van der Waals surface area contributed by atoms with Gasteiger partial charge in [-0.15, -0.1) is 0 Å². The molecule has 0 bridgehead atoms. The predicted molar refractivity (Wildman–Crippen MR) is 80.2 cm³/mol. The topological polar surface area (TPSA) is 75.6 Å². The summed E-state index contributed by atoms with van der Waals surface area (Å²) in [5.41, 5.74) is -0.514. The smallest absolute Gasteiger partial charge is 0.310 e. The van der Waals surface area contributed by atoms with Gasteiger partial charge in [-0.1, -0.05) is 29.6 Å². The van der Waals surface area contributed by atoms with E-state index in [9.17, 15) is 14.7 Å². The molecule has 0 spiro atoms. The molecule has 1 aromatic carbocycles. The molecule has 0 aliphatic heterocycles. The molecule has 0 atom stereocenters. The van der Waals surface area contributed by atoms with Crippen LogP contribution in [0.2, 0.25) is 10.0 Å². The summed E-state index contributed by atoms with van der Waals surface area (Å²) in [6.45, 7) is 0. The van der Waals surface area contributed by atoms with Crippen LogP contribution >= 0.6 is 23.2 Å². The van der Waals surface area contributed by atoms with Crippen LogP contribution in [0.5, 0.6) is 5.75 Å². The van der Waals surface area contributed by atoms with Crippen molar-refractivity contribution < 1.29 is 19.4 Å². The number of ether oxygens (including phenoxy) is 1. The molecule has 21 heavy (non-hydrogen) atoms. The van der Waals surface area contributed by atoms with Crippen LogP contribution in [-0.4, -0.2) is 24.1 Å². The van der Waals surface area contributed by atoms with Gasteiger partial charge < -0.3 is 15.2 Å². The number of amides is 1. The molecule has 1 aliphatic rings. The number of carbonyl (C=O) groups is 2. The first-order valence-electron chi connectivity index (χ1n) is 6.44. The van der Waals surface area contributed by atoms with Crippen molar-refractivity contribution in [1.82, 2.24) is 0 Å². The van der Waals surface area contributed by atoms with Gasteiger partial charge >= 0.3 is 5.97 Å². The molecule has 2 N–H and O–H groups in total. The Morgan fingerprint density at radius 2 is 1.90 bits per heavy atom. The fraction of sp³-hybridized carbons (Fsp3) is 0.429. The van der Waals surface area contributed by atoms with Crippen LogP contribution < -0.4 is 10.1 Å². The molecular weight excluding hydrogens is 317 g/mol. The van der Waals surface area contributed by atoms with Crippen LogP contribution in [0.1, 0.15) is 25.7 Å². The highest BCUT2D eigenvalue weighted by molar-refractivity contribution is 6.37. The third-order valence-electron chi connectivity index (χ3n) is 3.75. The highest BCUT2D eigenvalue weighted by atomic mass is 35.5. The Bertz CT molecular complexity index is 561. The van der Waals surface area contributed by atoms with E-state index in [-0.39, 0.29) is 22.4 Å². The molecule has 5 nitrogen and oxygen atoms in total. The third kappa shape index (κ3) is 3.24. The highest BCUT2D eigenvalue weighted by Crippen LogP contribution is 2.44. The average molecular weight is 332 g/mol. The van der Waals surface area contributed by atoms with E-state index < -0.39 is 11.4 Å². The lowest BCUT2D eigenvalue weighted by atomic mass is 9.66. The number of aliphatic carboxylic acids is 1. The van der Waals surface area contributed by atoms with Gasteiger partial charge in [-0.05, 0) is 25.0 Å². The summed E-state index contributed by atoms with van der Waals surface area (Å²) in [4.78, 5) is 23.3. The van der Waals surface area contributed by atoms with E-state index in [1.54, 1.807) is 0 Å². The maximum atomic E-state index is 12.0. The van der Waals surface area contributed by atoms with Crippen LogP contribution in [0.15, 0.2) is 12.1 Å². The first kappa shape index (κ1) is 15.9. The second-order valence-corrected chi connectivity index (χ2v) is 5.95. The van der Waals surface area contributed by atoms with E-state index in [0.717, 1.165) is 6.42 Å². The zero-order chi connectivity index (χ0) is 15.6. The highest BCUT2D eigenvalue weighted by Gasteiger charge is 2.45. The Labute approximate surface area is 132 Å². The maximum Gasteiger partial charge on any atom is 0.310 e. The standard InChI is InChI=1S/C14H15Cl2NO4/c1-21-12-9(15)5-8(6-10(12)16)17-11(18)7-14(13(19)20)3-2-4-14/h5-6H,2-4,7H2,1H3,(H,17,18)(H,19,20). The fourth-order valence-corrected chi connectivity index (χ4v) is 3.05. The van der Waals surface area contributed by atoms with Gasteiger partial charge in [0, 0.05) is 12.1 Å². The van der Waals surface area contributed by atoms with Crippen molar-refractivity contribution in [2.75, 3.05) is 12.4 Å². The fourth-order valence-electron chi connectivity index (χ4n) is 2.41. The molecule has 2 rings (SSSR count). The Kier molecular flexibility index (Phi) is 4.64. The van der Waals surface area contributed by atoms with Crippen molar-refractivity contribution in [3.05, 3.63) is 22.2 Å². The number of benzene rings is 1. The third-order valence-corrected chi connectivity index (χ3v) is 4.31. The molecule has 7 heteroatoms. The molecule has 114 valence electrons. The number of methoxy groups -OCH3 is 1. The first-order valence-corrected chi connectivity index (χ1v) is 7.20. The van der Waals surface area contributed by atoms with E-state index in [4.69, 9.17) is 27.9 Å². The van der Waals surface area contributed by atoms with Crippen molar-refractivity contribution in [3.63, 3.8) is 0 Å². The average Bonchev–Trinajstić information content (AvgIpc) is 2.33. The molecule has 1 fully saturated rings. The molecule has 0 unspecified atom stereocenters. The largest absolute Gasteiger partial charge is 0.494 e. The Morgan fingerprint density at radius 3 is 2.29 bits per heavy atom. The summed E-state index contributed by atoms with van der Waals surface area (Å²) in [7, 11) is 1.44. The maximum absolute atomic E-state index is 12.0. The van der Waals surface area contributed by atoms with Gasteiger partial charge in [0.05, 0.1) is 22.6 Å². The van der Waals surface area contributed by atoms with Crippen LogP contribution in [0.3, 0.4) is 0 Å². The van der Waals surface area contributed by atoms with E-state index in [2.05, 4.69) is 5.32 Å². The molecule has 1 saturated carbocycles. The minimum absolute atomic E-state index is 0.0520. The molecule has 0 radical (unpaired) electrons. The van der Waals surface area contributed by atoms with Gasteiger partial charge in [0.15, 0.2) is 5.75 Å². The van der Waals surface area contributed by atoms with Gasteiger partial charge in [0.2, 0.25) is 5.91 Å². The second-order valence-electron chi connectivity index (χ2n) is 5.14. The predicted octanol–water partition coefficient (Wildman–Crippen LogP) is 3.59. The second kappa shape index (κ2) is 6.12. The first-order chi connectivity index (χ1) is 9.88. The zero-order valence-electron chi connectivity index (χ0n) is 11.4.